The van der Waals surface area contributed by atoms with Gasteiger partial charge >= 0.3 is 12.1 Å². The number of methoxy groups -OCH3 is 1. The summed E-state index contributed by atoms with van der Waals surface area (Å²) in [6.07, 6.45) is -4.66. The zero-order valence-corrected chi connectivity index (χ0v) is 16.5. The lowest BCUT2D eigenvalue weighted by atomic mass is 10.1. The molecular formula is C20H19F4N3O4. The normalized spacial score (nSPS) is 10.8. The molecule has 0 saturated carbocycles. The second kappa shape index (κ2) is 9.94. The van der Waals surface area contributed by atoms with Gasteiger partial charge in [0.2, 0.25) is 5.76 Å². The largest absolute Gasteiger partial charge is 0.495 e. The molecule has 0 fully saturated rings. The van der Waals surface area contributed by atoms with Crippen LogP contribution in [0.15, 0.2) is 46.9 Å². The molecule has 4 N–H and O–H groups in total. The average Bonchev–Trinajstić information content (AvgIpc) is 3.09. The summed E-state index contributed by atoms with van der Waals surface area (Å²) in [6.45, 7) is 1.53. The SMILES string of the molecule is COc1ccccc1Nc1nc(C)c(C(=O)O)o1.NCc1ccc(F)c(C(F)(F)F)c1. The first kappa shape index (κ1) is 23.7. The lowest BCUT2D eigenvalue weighted by molar-refractivity contribution is -0.140. The molecule has 0 saturated heterocycles. The number of nitrogens with one attached hydrogen (secondary N) is 1. The monoisotopic (exact) mass is 441 g/mol. The van der Waals surface area contributed by atoms with E-state index in [0.29, 0.717) is 17.1 Å². The Kier molecular flexibility index (Phi) is 7.59. The number of aromatic nitrogens is 1. The van der Waals surface area contributed by atoms with Crippen molar-refractivity contribution in [2.45, 2.75) is 19.6 Å². The molecule has 7 nitrogen and oxygen atoms in total. The van der Waals surface area contributed by atoms with Gasteiger partial charge in [0, 0.05) is 6.54 Å². The van der Waals surface area contributed by atoms with Crippen LogP contribution in [0.2, 0.25) is 0 Å². The van der Waals surface area contributed by atoms with Crippen molar-refractivity contribution >= 4 is 17.7 Å². The number of oxazole rings is 1. The predicted molar refractivity (Wildman–Crippen MR) is 104 cm³/mol. The van der Waals surface area contributed by atoms with Gasteiger partial charge in [-0.15, -0.1) is 0 Å². The number of carboxylic acid groups (broad SMARTS) is 1. The minimum Gasteiger partial charge on any atom is -0.495 e. The Balaban J connectivity index is 0.000000233. The molecule has 0 unspecified atom stereocenters. The maximum Gasteiger partial charge on any atom is 0.419 e. The Morgan fingerprint density at radius 1 is 1.26 bits per heavy atom. The number of halogens is 4. The highest BCUT2D eigenvalue weighted by Crippen LogP contribution is 2.31. The molecule has 0 aliphatic carbocycles. The summed E-state index contributed by atoms with van der Waals surface area (Å²) < 4.78 is 59.1. The van der Waals surface area contributed by atoms with E-state index in [9.17, 15) is 22.4 Å². The van der Waals surface area contributed by atoms with Gasteiger partial charge in [-0.25, -0.2) is 9.18 Å². The maximum atomic E-state index is 12.6. The topological polar surface area (TPSA) is 111 Å². The smallest absolute Gasteiger partial charge is 0.419 e. The number of ether oxygens (including phenoxy) is 1. The third-order valence-electron chi connectivity index (χ3n) is 3.91. The molecular weight excluding hydrogens is 422 g/mol. The molecule has 31 heavy (non-hydrogen) atoms. The van der Waals surface area contributed by atoms with Gasteiger partial charge < -0.3 is 25.3 Å². The molecule has 0 bridgehead atoms. The van der Waals surface area contributed by atoms with Gasteiger partial charge in [0.25, 0.3) is 6.01 Å². The van der Waals surface area contributed by atoms with Gasteiger partial charge in [-0.05, 0) is 36.8 Å². The number of anilines is 2. The molecule has 2 aromatic carbocycles. The number of alkyl halides is 3. The predicted octanol–water partition coefficient (Wildman–Crippen LogP) is 4.74. The lowest BCUT2D eigenvalue weighted by Crippen LogP contribution is -2.09. The van der Waals surface area contributed by atoms with Gasteiger partial charge in [-0.1, -0.05) is 18.2 Å². The van der Waals surface area contributed by atoms with Crippen molar-refractivity contribution < 1.29 is 36.6 Å². The average molecular weight is 441 g/mol. The number of benzene rings is 2. The van der Waals surface area contributed by atoms with Crippen molar-refractivity contribution in [3.63, 3.8) is 0 Å². The summed E-state index contributed by atoms with van der Waals surface area (Å²) in [5.74, 6) is -1.98. The Labute approximate surface area is 174 Å². The highest BCUT2D eigenvalue weighted by Gasteiger charge is 2.34. The van der Waals surface area contributed by atoms with Crippen molar-refractivity contribution in [3.05, 3.63) is 70.9 Å². The van der Waals surface area contributed by atoms with Gasteiger partial charge in [-0.3, -0.25) is 0 Å². The molecule has 3 rings (SSSR count). The fraction of sp³-hybridized carbons (Fsp3) is 0.200. The van der Waals surface area contributed by atoms with Crippen LogP contribution in [-0.4, -0.2) is 23.2 Å². The molecule has 166 valence electrons. The number of carboxylic acids is 1. The molecule has 0 spiro atoms. The molecule has 0 radical (unpaired) electrons. The van der Waals surface area contributed by atoms with E-state index in [1.54, 1.807) is 26.2 Å². The summed E-state index contributed by atoms with van der Waals surface area (Å²) in [4.78, 5) is 14.8. The molecule has 0 aliphatic heterocycles. The van der Waals surface area contributed by atoms with Crippen molar-refractivity contribution in [1.29, 1.82) is 0 Å². The van der Waals surface area contributed by atoms with Gasteiger partial charge in [0.1, 0.15) is 11.6 Å². The molecule has 1 heterocycles. The van der Waals surface area contributed by atoms with E-state index in [4.69, 9.17) is 20.0 Å². The second-order valence-electron chi connectivity index (χ2n) is 6.08. The first-order valence-corrected chi connectivity index (χ1v) is 8.73. The summed E-state index contributed by atoms with van der Waals surface area (Å²) in [5.41, 5.74) is 5.08. The summed E-state index contributed by atoms with van der Waals surface area (Å²) >= 11 is 0. The first-order valence-electron chi connectivity index (χ1n) is 8.73. The molecule has 0 aliphatic rings. The number of hydrogen-bond donors (Lipinski definition) is 3. The Morgan fingerprint density at radius 3 is 2.48 bits per heavy atom. The van der Waals surface area contributed by atoms with Crippen molar-refractivity contribution in [3.8, 4) is 5.75 Å². The van der Waals surface area contributed by atoms with E-state index in [1.807, 2.05) is 12.1 Å². The molecule has 1 aromatic heterocycles. The van der Waals surface area contributed by atoms with Crippen LogP contribution in [0.3, 0.4) is 0 Å². The van der Waals surface area contributed by atoms with Crippen LogP contribution in [0.25, 0.3) is 0 Å². The number of carbonyl (C=O) groups is 1. The Morgan fingerprint density at radius 2 is 1.94 bits per heavy atom. The number of rotatable bonds is 5. The number of nitrogens with two attached hydrogens (primary N) is 1. The highest BCUT2D eigenvalue weighted by molar-refractivity contribution is 5.86. The lowest BCUT2D eigenvalue weighted by Gasteiger charge is -2.08. The van der Waals surface area contributed by atoms with Crippen LogP contribution in [0.4, 0.5) is 29.3 Å². The number of para-hydroxylation sites is 2. The summed E-state index contributed by atoms with van der Waals surface area (Å²) in [5, 5.41) is 11.7. The van der Waals surface area contributed by atoms with E-state index < -0.39 is 23.5 Å². The first-order chi connectivity index (χ1) is 14.6. The van der Waals surface area contributed by atoms with E-state index in [0.717, 1.165) is 12.1 Å². The zero-order valence-electron chi connectivity index (χ0n) is 16.5. The highest BCUT2D eigenvalue weighted by atomic mass is 19.4. The Bertz CT molecular complexity index is 1050. The minimum absolute atomic E-state index is 0.0383. The maximum absolute atomic E-state index is 12.6. The van der Waals surface area contributed by atoms with Crippen molar-refractivity contribution in [2.75, 3.05) is 12.4 Å². The molecule has 0 amide bonds. The molecule has 11 heteroatoms. The molecule has 3 aromatic rings. The van der Waals surface area contributed by atoms with Crippen molar-refractivity contribution in [2.24, 2.45) is 5.73 Å². The van der Waals surface area contributed by atoms with Gasteiger partial charge in [0.15, 0.2) is 0 Å². The van der Waals surface area contributed by atoms with E-state index in [1.165, 1.54) is 6.07 Å². The van der Waals surface area contributed by atoms with E-state index in [2.05, 4.69) is 10.3 Å². The quantitative estimate of drug-likeness (QED) is 0.491. The van der Waals surface area contributed by atoms with E-state index in [-0.39, 0.29) is 23.9 Å². The second-order valence-corrected chi connectivity index (χ2v) is 6.08. The summed E-state index contributed by atoms with van der Waals surface area (Å²) in [7, 11) is 1.55. The number of nitrogens with zero attached hydrogens (tertiary/aromatic N) is 1. The fourth-order valence-corrected chi connectivity index (χ4v) is 2.43. The van der Waals surface area contributed by atoms with Gasteiger partial charge in [0.05, 0.1) is 24.1 Å². The zero-order chi connectivity index (χ0) is 23.2. The van der Waals surface area contributed by atoms with Crippen LogP contribution in [0.5, 0.6) is 5.75 Å². The molecule has 0 atom stereocenters. The fourth-order valence-electron chi connectivity index (χ4n) is 2.43. The van der Waals surface area contributed by atoms with Crippen LogP contribution >= 0.6 is 0 Å². The number of hydrogen-bond acceptors (Lipinski definition) is 6. The van der Waals surface area contributed by atoms with E-state index >= 15 is 0 Å². The summed E-state index contributed by atoms with van der Waals surface area (Å²) in [6, 6.07) is 10.0. The Hall–Kier alpha value is -3.60. The van der Waals surface area contributed by atoms with Crippen LogP contribution in [-0.2, 0) is 12.7 Å². The third kappa shape index (κ3) is 6.19. The number of aromatic carboxylic acids is 1. The third-order valence-corrected chi connectivity index (χ3v) is 3.91. The minimum atomic E-state index is -4.66. The van der Waals surface area contributed by atoms with Crippen molar-refractivity contribution in [1.82, 2.24) is 4.98 Å². The van der Waals surface area contributed by atoms with Gasteiger partial charge in [-0.2, -0.15) is 18.2 Å². The number of aryl methyl sites for hydroxylation is 1. The van der Waals surface area contributed by atoms with Crippen LogP contribution in [0.1, 0.15) is 27.4 Å². The van der Waals surface area contributed by atoms with Crippen LogP contribution in [0, 0.1) is 12.7 Å². The van der Waals surface area contributed by atoms with Crippen LogP contribution < -0.4 is 15.8 Å². The standard InChI is InChI=1S/C12H12N2O4.C8H7F4N/c1-7-10(11(15)16)18-12(13-7)14-8-5-3-4-6-9(8)17-2;9-7-2-1-5(4-13)3-6(7)8(10,11)12/h3-6H,1-2H3,(H,13,14)(H,15,16);1-3H,4,13H2.